The summed E-state index contributed by atoms with van der Waals surface area (Å²) in [6.45, 7) is 1.87. The van der Waals surface area contributed by atoms with Gasteiger partial charge in [0.05, 0.1) is 0 Å². The van der Waals surface area contributed by atoms with Crippen LogP contribution in [0.4, 0.5) is 11.9 Å². The van der Waals surface area contributed by atoms with Gasteiger partial charge < -0.3 is 4.90 Å². The number of aromatic nitrogens is 5. The Hall–Kier alpha value is -2.22. The van der Waals surface area contributed by atoms with Gasteiger partial charge >= 0.3 is 0 Å². The summed E-state index contributed by atoms with van der Waals surface area (Å²) >= 11 is 0. The van der Waals surface area contributed by atoms with Gasteiger partial charge in [-0.05, 0) is 6.92 Å². The van der Waals surface area contributed by atoms with Crippen LogP contribution in [0.15, 0.2) is 12.4 Å². The second-order valence-corrected chi connectivity index (χ2v) is 3.64. The smallest absolute Gasteiger partial charge is 0.243 e. The van der Waals surface area contributed by atoms with Crippen molar-refractivity contribution in [1.82, 2.24) is 24.5 Å². The SMILES string of the molecule is Cc1nccn1-c1nc(NN)nc(N(C)C)n1. The molecule has 2 rings (SSSR count). The lowest BCUT2D eigenvalue weighted by Crippen LogP contribution is -2.19. The van der Waals surface area contributed by atoms with Crippen molar-refractivity contribution in [3.63, 3.8) is 0 Å². The molecule has 8 heteroatoms. The van der Waals surface area contributed by atoms with E-state index >= 15 is 0 Å². The number of nitrogens with two attached hydrogens (primary N) is 1. The summed E-state index contributed by atoms with van der Waals surface area (Å²) in [6, 6.07) is 0. The highest BCUT2D eigenvalue weighted by molar-refractivity contribution is 5.38. The number of nitrogen functional groups attached to an aromatic ring is 1. The second kappa shape index (κ2) is 4.34. The van der Waals surface area contributed by atoms with E-state index in [4.69, 9.17) is 5.84 Å². The van der Waals surface area contributed by atoms with E-state index in [0.717, 1.165) is 5.82 Å². The molecule has 0 spiro atoms. The van der Waals surface area contributed by atoms with Crippen molar-refractivity contribution < 1.29 is 0 Å². The Labute approximate surface area is 98.5 Å². The molecule has 2 aromatic heterocycles. The molecule has 0 aromatic carbocycles. The first kappa shape index (κ1) is 11.3. The van der Waals surface area contributed by atoms with Gasteiger partial charge in [0.2, 0.25) is 17.8 Å². The maximum atomic E-state index is 5.33. The molecule has 0 saturated carbocycles. The zero-order chi connectivity index (χ0) is 12.4. The number of hydrazine groups is 1. The summed E-state index contributed by atoms with van der Waals surface area (Å²) in [5.41, 5.74) is 2.42. The lowest BCUT2D eigenvalue weighted by atomic mass is 10.6. The molecule has 0 unspecified atom stereocenters. The van der Waals surface area contributed by atoms with Gasteiger partial charge in [-0.3, -0.25) is 9.99 Å². The standard InChI is InChI=1S/C9H14N8/c1-6-11-4-5-17(6)9-13-7(15-10)12-8(14-9)16(2)3/h4-5H,10H2,1-3H3,(H,12,13,14,15). The Morgan fingerprint density at radius 3 is 2.59 bits per heavy atom. The fraction of sp³-hybridized carbons (Fsp3) is 0.333. The number of nitrogens with one attached hydrogen (secondary N) is 1. The van der Waals surface area contributed by atoms with E-state index in [2.05, 4.69) is 25.4 Å². The predicted molar refractivity (Wildman–Crippen MR) is 63.8 cm³/mol. The van der Waals surface area contributed by atoms with Crippen LogP contribution in [0.2, 0.25) is 0 Å². The summed E-state index contributed by atoms with van der Waals surface area (Å²) in [4.78, 5) is 18.5. The van der Waals surface area contributed by atoms with Gasteiger partial charge in [0.1, 0.15) is 5.82 Å². The van der Waals surface area contributed by atoms with Crippen LogP contribution in [0.25, 0.3) is 5.95 Å². The molecule has 0 radical (unpaired) electrons. The number of aryl methyl sites for hydroxylation is 1. The van der Waals surface area contributed by atoms with Gasteiger partial charge in [0.25, 0.3) is 0 Å². The average Bonchev–Trinajstić information content (AvgIpc) is 2.74. The van der Waals surface area contributed by atoms with Gasteiger partial charge in [-0.2, -0.15) is 15.0 Å². The van der Waals surface area contributed by atoms with Crippen LogP contribution in [-0.2, 0) is 0 Å². The number of imidazole rings is 1. The quantitative estimate of drug-likeness (QED) is 0.556. The van der Waals surface area contributed by atoms with Crippen molar-refractivity contribution in [2.45, 2.75) is 6.92 Å². The number of nitrogens with zero attached hydrogens (tertiary/aromatic N) is 6. The Balaban J connectivity index is 2.54. The van der Waals surface area contributed by atoms with Crippen LogP contribution >= 0.6 is 0 Å². The van der Waals surface area contributed by atoms with Gasteiger partial charge in [-0.15, -0.1) is 0 Å². The van der Waals surface area contributed by atoms with Crippen molar-refractivity contribution in [1.29, 1.82) is 0 Å². The number of hydrogen-bond donors (Lipinski definition) is 2. The molecular formula is C9H14N8. The molecule has 3 N–H and O–H groups in total. The molecule has 90 valence electrons. The van der Waals surface area contributed by atoms with E-state index in [9.17, 15) is 0 Å². The topological polar surface area (TPSA) is 97.8 Å². The van der Waals surface area contributed by atoms with Crippen molar-refractivity contribution in [2.24, 2.45) is 5.84 Å². The van der Waals surface area contributed by atoms with E-state index in [-0.39, 0.29) is 0 Å². The van der Waals surface area contributed by atoms with E-state index in [0.29, 0.717) is 17.8 Å². The van der Waals surface area contributed by atoms with Gasteiger partial charge in [-0.1, -0.05) is 0 Å². The normalized spacial score (nSPS) is 10.4. The highest BCUT2D eigenvalue weighted by Gasteiger charge is 2.10. The van der Waals surface area contributed by atoms with E-state index in [1.807, 2.05) is 21.0 Å². The number of hydrogen-bond acceptors (Lipinski definition) is 7. The highest BCUT2D eigenvalue weighted by atomic mass is 15.4. The highest BCUT2D eigenvalue weighted by Crippen LogP contribution is 2.11. The first-order valence-corrected chi connectivity index (χ1v) is 5.02. The van der Waals surface area contributed by atoms with Gasteiger partial charge in [0, 0.05) is 26.5 Å². The van der Waals surface area contributed by atoms with Gasteiger partial charge in [-0.25, -0.2) is 10.8 Å². The molecule has 0 amide bonds. The minimum absolute atomic E-state index is 0.312. The fourth-order valence-electron chi connectivity index (χ4n) is 1.32. The maximum Gasteiger partial charge on any atom is 0.243 e. The summed E-state index contributed by atoms with van der Waals surface area (Å²) in [6.07, 6.45) is 3.47. The van der Waals surface area contributed by atoms with Crippen LogP contribution in [0.1, 0.15) is 5.82 Å². The predicted octanol–water partition coefficient (Wildman–Crippen LogP) is -0.283. The summed E-state index contributed by atoms with van der Waals surface area (Å²) in [5, 5.41) is 0. The lowest BCUT2D eigenvalue weighted by molar-refractivity contribution is 0.846. The molecule has 0 bridgehead atoms. The monoisotopic (exact) mass is 234 g/mol. The zero-order valence-electron chi connectivity index (χ0n) is 9.92. The Kier molecular flexibility index (Phi) is 2.88. The molecule has 2 heterocycles. The van der Waals surface area contributed by atoms with E-state index in [1.165, 1.54) is 0 Å². The molecule has 0 atom stereocenters. The third kappa shape index (κ3) is 2.16. The van der Waals surface area contributed by atoms with Crippen LogP contribution in [0, 0.1) is 6.92 Å². The Bertz CT molecular complexity index is 517. The summed E-state index contributed by atoms with van der Waals surface area (Å²) in [5.74, 6) is 7.44. The second-order valence-electron chi connectivity index (χ2n) is 3.64. The lowest BCUT2D eigenvalue weighted by Gasteiger charge is -2.12. The van der Waals surface area contributed by atoms with Crippen LogP contribution in [-0.4, -0.2) is 38.6 Å². The van der Waals surface area contributed by atoms with Crippen LogP contribution < -0.4 is 16.2 Å². The first-order valence-electron chi connectivity index (χ1n) is 5.02. The molecule has 0 aliphatic rings. The minimum Gasteiger partial charge on any atom is -0.347 e. The molecule has 2 aromatic rings. The van der Waals surface area contributed by atoms with Crippen LogP contribution in [0.3, 0.4) is 0 Å². The number of anilines is 2. The molecule has 8 nitrogen and oxygen atoms in total. The third-order valence-corrected chi connectivity index (χ3v) is 2.18. The largest absolute Gasteiger partial charge is 0.347 e. The van der Waals surface area contributed by atoms with Crippen molar-refractivity contribution in [2.75, 3.05) is 24.4 Å². The van der Waals surface area contributed by atoms with Crippen molar-refractivity contribution in [3.05, 3.63) is 18.2 Å². The zero-order valence-corrected chi connectivity index (χ0v) is 9.92. The minimum atomic E-state index is 0.312. The molecular weight excluding hydrogens is 220 g/mol. The van der Waals surface area contributed by atoms with E-state index < -0.39 is 0 Å². The Morgan fingerprint density at radius 1 is 1.29 bits per heavy atom. The summed E-state index contributed by atoms with van der Waals surface area (Å²) < 4.78 is 1.76. The van der Waals surface area contributed by atoms with Gasteiger partial charge in [0.15, 0.2) is 0 Å². The van der Waals surface area contributed by atoms with Crippen molar-refractivity contribution >= 4 is 11.9 Å². The molecule has 0 saturated heterocycles. The molecule has 17 heavy (non-hydrogen) atoms. The average molecular weight is 234 g/mol. The maximum absolute atomic E-state index is 5.33. The first-order chi connectivity index (χ1) is 8.11. The van der Waals surface area contributed by atoms with Crippen LogP contribution in [0.5, 0.6) is 0 Å². The molecule has 0 aliphatic heterocycles. The fourth-order valence-corrected chi connectivity index (χ4v) is 1.32. The third-order valence-electron chi connectivity index (χ3n) is 2.18. The molecule has 0 aliphatic carbocycles. The summed E-state index contributed by atoms with van der Waals surface area (Å²) in [7, 11) is 3.69. The van der Waals surface area contributed by atoms with E-state index in [1.54, 1.807) is 21.9 Å². The Morgan fingerprint density at radius 2 is 2.06 bits per heavy atom. The molecule has 0 fully saturated rings. The number of rotatable bonds is 3. The van der Waals surface area contributed by atoms with Crippen molar-refractivity contribution in [3.8, 4) is 5.95 Å².